The lowest BCUT2D eigenvalue weighted by molar-refractivity contribution is -0.123. The van der Waals surface area contributed by atoms with Gasteiger partial charge < -0.3 is 10.1 Å². The summed E-state index contributed by atoms with van der Waals surface area (Å²) in [6.07, 6.45) is 1.60. The van der Waals surface area contributed by atoms with Gasteiger partial charge in [-0.3, -0.25) is 15.0 Å². The number of hydrazine groups is 1. The van der Waals surface area contributed by atoms with Crippen LogP contribution >= 0.6 is 11.8 Å². The van der Waals surface area contributed by atoms with E-state index in [1.807, 2.05) is 6.26 Å². The summed E-state index contributed by atoms with van der Waals surface area (Å²) in [5, 5.41) is 2.67. The van der Waals surface area contributed by atoms with Gasteiger partial charge in [-0.2, -0.15) is 11.8 Å². The minimum atomic E-state index is -0.753. The maximum Gasteiger partial charge on any atom is 0.426 e. The SMILES string of the molecule is CCOC(=O)NNC(=O)[C@@H](CCSC)NC(=O)c1ccccc1. The fourth-order valence-electron chi connectivity index (χ4n) is 1.70. The molecule has 0 bridgehead atoms. The molecule has 1 aromatic rings. The highest BCUT2D eigenvalue weighted by Crippen LogP contribution is 2.04. The van der Waals surface area contributed by atoms with Crippen molar-refractivity contribution in [1.29, 1.82) is 0 Å². The third kappa shape index (κ3) is 7.05. The molecule has 0 aliphatic heterocycles. The van der Waals surface area contributed by atoms with Crippen LogP contribution in [0.2, 0.25) is 0 Å². The van der Waals surface area contributed by atoms with Crippen LogP contribution in [0.1, 0.15) is 23.7 Å². The van der Waals surface area contributed by atoms with Crippen LogP contribution in [0.4, 0.5) is 4.79 Å². The fourth-order valence-corrected chi connectivity index (χ4v) is 2.17. The Morgan fingerprint density at radius 3 is 2.48 bits per heavy atom. The van der Waals surface area contributed by atoms with E-state index in [1.54, 1.807) is 49.0 Å². The van der Waals surface area contributed by atoms with Crippen molar-refractivity contribution < 1.29 is 19.1 Å². The normalized spacial score (nSPS) is 11.2. The molecule has 1 aromatic carbocycles. The number of nitrogens with one attached hydrogen (secondary N) is 3. The van der Waals surface area contributed by atoms with Crippen LogP contribution in [-0.2, 0) is 9.53 Å². The number of rotatable bonds is 7. The third-order valence-electron chi connectivity index (χ3n) is 2.83. The first-order valence-electron chi connectivity index (χ1n) is 7.16. The van der Waals surface area contributed by atoms with Gasteiger partial charge in [0.1, 0.15) is 6.04 Å². The van der Waals surface area contributed by atoms with Crippen molar-refractivity contribution in [2.45, 2.75) is 19.4 Å². The summed E-state index contributed by atoms with van der Waals surface area (Å²) in [6, 6.07) is 7.86. The van der Waals surface area contributed by atoms with Gasteiger partial charge in [0.15, 0.2) is 0 Å². The molecule has 0 aromatic heterocycles. The van der Waals surface area contributed by atoms with Crippen molar-refractivity contribution in [3.8, 4) is 0 Å². The van der Waals surface area contributed by atoms with Crippen LogP contribution in [0.5, 0.6) is 0 Å². The van der Waals surface area contributed by atoms with Gasteiger partial charge in [0.2, 0.25) is 0 Å². The zero-order chi connectivity index (χ0) is 17.1. The number of amides is 3. The molecule has 23 heavy (non-hydrogen) atoms. The van der Waals surface area contributed by atoms with E-state index in [-0.39, 0.29) is 12.5 Å². The molecule has 0 spiro atoms. The molecule has 0 aliphatic rings. The molecular weight excluding hydrogens is 318 g/mol. The minimum absolute atomic E-state index is 0.197. The van der Waals surface area contributed by atoms with Gasteiger partial charge in [-0.15, -0.1) is 0 Å². The maximum atomic E-state index is 12.2. The molecule has 3 amide bonds. The molecule has 0 saturated heterocycles. The predicted octanol–water partition coefficient (Wildman–Crippen LogP) is 1.32. The Hall–Kier alpha value is -2.22. The number of carbonyl (C=O) groups is 3. The Kier molecular flexibility index (Phi) is 8.59. The van der Waals surface area contributed by atoms with Gasteiger partial charge in [0.25, 0.3) is 11.8 Å². The third-order valence-corrected chi connectivity index (χ3v) is 3.48. The van der Waals surface area contributed by atoms with Crippen LogP contribution < -0.4 is 16.2 Å². The van der Waals surface area contributed by atoms with Crippen molar-refractivity contribution in [3.05, 3.63) is 35.9 Å². The summed E-state index contributed by atoms with van der Waals surface area (Å²) in [5.41, 5.74) is 4.85. The van der Waals surface area contributed by atoms with Crippen molar-refractivity contribution in [2.75, 3.05) is 18.6 Å². The first-order chi connectivity index (χ1) is 11.1. The second kappa shape index (κ2) is 10.5. The van der Waals surface area contributed by atoms with Crippen LogP contribution in [0.15, 0.2) is 30.3 Å². The molecule has 0 saturated carbocycles. The fraction of sp³-hybridized carbons (Fsp3) is 0.400. The van der Waals surface area contributed by atoms with Gasteiger partial charge in [-0.25, -0.2) is 10.2 Å². The first-order valence-corrected chi connectivity index (χ1v) is 8.55. The Balaban J connectivity index is 2.62. The van der Waals surface area contributed by atoms with Crippen LogP contribution in [0.3, 0.4) is 0 Å². The van der Waals surface area contributed by atoms with E-state index >= 15 is 0 Å². The molecule has 1 atom stereocenters. The molecule has 126 valence electrons. The van der Waals surface area contributed by atoms with Crippen molar-refractivity contribution in [3.63, 3.8) is 0 Å². The summed E-state index contributed by atoms with van der Waals surface area (Å²) in [7, 11) is 0. The summed E-state index contributed by atoms with van der Waals surface area (Å²) in [5.74, 6) is -0.161. The zero-order valence-corrected chi connectivity index (χ0v) is 13.9. The largest absolute Gasteiger partial charge is 0.449 e. The van der Waals surface area contributed by atoms with E-state index in [1.165, 1.54) is 0 Å². The van der Waals surface area contributed by atoms with Gasteiger partial charge in [-0.05, 0) is 37.5 Å². The molecule has 0 heterocycles. The lowest BCUT2D eigenvalue weighted by atomic mass is 10.1. The topological polar surface area (TPSA) is 96.5 Å². The van der Waals surface area contributed by atoms with Crippen molar-refractivity contribution >= 4 is 29.7 Å². The summed E-state index contributed by atoms with van der Waals surface area (Å²) in [4.78, 5) is 35.5. The predicted molar refractivity (Wildman–Crippen MR) is 89.0 cm³/mol. The van der Waals surface area contributed by atoms with Crippen LogP contribution in [-0.4, -0.2) is 42.6 Å². The van der Waals surface area contributed by atoms with E-state index in [0.29, 0.717) is 17.7 Å². The number of hydrogen-bond donors (Lipinski definition) is 3. The highest BCUT2D eigenvalue weighted by molar-refractivity contribution is 7.98. The molecule has 0 aliphatic carbocycles. The summed E-state index contributed by atoms with van der Waals surface area (Å²) in [6.45, 7) is 1.85. The molecule has 3 N–H and O–H groups in total. The smallest absolute Gasteiger partial charge is 0.426 e. The number of carbonyl (C=O) groups excluding carboxylic acids is 3. The Morgan fingerprint density at radius 1 is 1.17 bits per heavy atom. The minimum Gasteiger partial charge on any atom is -0.449 e. The van der Waals surface area contributed by atoms with Gasteiger partial charge in [0, 0.05) is 5.56 Å². The monoisotopic (exact) mass is 339 g/mol. The molecule has 7 nitrogen and oxygen atoms in total. The van der Waals surface area contributed by atoms with Crippen molar-refractivity contribution in [2.24, 2.45) is 0 Å². The van der Waals surface area contributed by atoms with Crippen LogP contribution in [0.25, 0.3) is 0 Å². The maximum absolute atomic E-state index is 12.2. The first kappa shape index (κ1) is 18.8. The average Bonchev–Trinajstić information content (AvgIpc) is 2.57. The molecule has 1 rings (SSSR count). The lowest BCUT2D eigenvalue weighted by Crippen LogP contribution is -2.52. The summed E-state index contributed by atoms with van der Waals surface area (Å²) >= 11 is 1.56. The second-order valence-corrected chi connectivity index (χ2v) is 5.49. The average molecular weight is 339 g/mol. The molecular formula is C15H21N3O4S. The van der Waals surface area contributed by atoms with Gasteiger partial charge in [0.05, 0.1) is 6.61 Å². The summed E-state index contributed by atoms with van der Waals surface area (Å²) < 4.78 is 4.65. The molecule has 0 fully saturated rings. The zero-order valence-electron chi connectivity index (χ0n) is 13.1. The van der Waals surface area contributed by atoms with E-state index in [0.717, 1.165) is 0 Å². The van der Waals surface area contributed by atoms with Gasteiger partial charge >= 0.3 is 6.09 Å². The Labute approximate surface area is 139 Å². The second-order valence-electron chi connectivity index (χ2n) is 4.51. The molecule has 0 radical (unpaired) electrons. The number of hydrogen-bond acceptors (Lipinski definition) is 5. The molecule has 0 unspecified atom stereocenters. The highest BCUT2D eigenvalue weighted by Gasteiger charge is 2.21. The van der Waals surface area contributed by atoms with Gasteiger partial charge in [-0.1, -0.05) is 18.2 Å². The van der Waals surface area contributed by atoms with Crippen molar-refractivity contribution in [1.82, 2.24) is 16.2 Å². The lowest BCUT2D eigenvalue weighted by Gasteiger charge is -2.18. The highest BCUT2D eigenvalue weighted by atomic mass is 32.2. The quantitative estimate of drug-likeness (QED) is 0.651. The van der Waals surface area contributed by atoms with E-state index in [4.69, 9.17) is 0 Å². The Morgan fingerprint density at radius 2 is 1.87 bits per heavy atom. The number of thioether (sulfide) groups is 1. The number of benzene rings is 1. The van der Waals surface area contributed by atoms with E-state index in [9.17, 15) is 14.4 Å². The molecule has 8 heteroatoms. The number of ether oxygens (including phenoxy) is 1. The standard InChI is InChI=1S/C15H21N3O4S/c1-3-22-15(21)18-17-14(20)12(9-10-23-2)16-13(19)11-7-5-4-6-8-11/h4-8,12H,3,9-10H2,1-2H3,(H,16,19)(H,17,20)(H,18,21)/t12-/m1/s1. The van der Waals surface area contributed by atoms with E-state index in [2.05, 4.69) is 20.9 Å². The Bertz CT molecular complexity index is 525. The van der Waals surface area contributed by atoms with E-state index < -0.39 is 18.0 Å². The van der Waals surface area contributed by atoms with Crippen LogP contribution in [0, 0.1) is 0 Å².